The number of nitro benzene ring substituents is 1. The van der Waals surface area contributed by atoms with E-state index in [0.717, 1.165) is 81.6 Å². The molecule has 0 radical (unpaired) electrons. The zero-order chi connectivity index (χ0) is 50.9. The number of fused-ring (bicyclic) bond motifs is 4. The number of hydrogen-bond acceptors (Lipinski definition) is 15. The number of aromatic nitrogens is 2. The third kappa shape index (κ3) is 8.88. The highest BCUT2D eigenvalue weighted by Gasteiger charge is 2.50. The molecule has 0 bridgehead atoms. The van der Waals surface area contributed by atoms with Crippen LogP contribution in [0, 0.1) is 15.5 Å². The Balaban J connectivity index is 0.840. The van der Waals surface area contributed by atoms with E-state index in [0.29, 0.717) is 54.5 Å². The zero-order valence-corrected chi connectivity index (χ0v) is 42.5. The summed E-state index contributed by atoms with van der Waals surface area (Å²) in [6.45, 7) is 9.50. The number of nitrogens with zero attached hydrogens (tertiary/aromatic N) is 5. The van der Waals surface area contributed by atoms with Crippen LogP contribution in [0.4, 0.5) is 32.8 Å². The lowest BCUT2D eigenvalue weighted by Crippen LogP contribution is -2.56. The van der Waals surface area contributed by atoms with Gasteiger partial charge in [0.25, 0.3) is 21.6 Å². The minimum absolute atomic E-state index is 0.0628. The summed E-state index contributed by atoms with van der Waals surface area (Å²) in [6, 6.07) is 19.6. The van der Waals surface area contributed by atoms with Crippen LogP contribution in [0.5, 0.6) is 11.6 Å². The molecule has 2 aromatic heterocycles. The maximum atomic E-state index is 16.0. The van der Waals surface area contributed by atoms with E-state index in [1.165, 1.54) is 11.1 Å². The first-order chi connectivity index (χ1) is 35.8. The van der Waals surface area contributed by atoms with Gasteiger partial charge in [0.05, 0.1) is 52.4 Å². The molecule has 7 aliphatic rings. The summed E-state index contributed by atoms with van der Waals surface area (Å²) in [6.07, 6.45) is 7.30. The van der Waals surface area contributed by atoms with Gasteiger partial charge in [0.15, 0.2) is 11.4 Å². The van der Waals surface area contributed by atoms with Gasteiger partial charge in [0.2, 0.25) is 5.88 Å². The maximum Gasteiger partial charge on any atom is 0.297 e. The molecular formula is C54H63FN8O10S. The lowest BCUT2D eigenvalue weighted by Gasteiger charge is -2.56. The molecule has 5 aromatic rings. The zero-order valence-electron chi connectivity index (χ0n) is 41.7. The molecule has 5 fully saturated rings. The van der Waals surface area contributed by atoms with E-state index in [1.807, 2.05) is 29.2 Å². The summed E-state index contributed by atoms with van der Waals surface area (Å²) in [5.41, 5.74) is 3.10. The number of pyridine rings is 1. The lowest BCUT2D eigenvalue weighted by atomic mass is 9.59. The van der Waals surface area contributed by atoms with Crippen molar-refractivity contribution in [3.8, 4) is 11.6 Å². The Kier molecular flexibility index (Phi) is 12.7. The van der Waals surface area contributed by atoms with Gasteiger partial charge in [-0.25, -0.2) is 17.5 Å². The van der Waals surface area contributed by atoms with Crippen molar-refractivity contribution in [2.45, 2.75) is 112 Å². The number of hydrogen-bond donors (Lipinski definition) is 3. The minimum atomic E-state index is -4.78. The first kappa shape index (κ1) is 48.9. The van der Waals surface area contributed by atoms with Crippen molar-refractivity contribution in [1.29, 1.82) is 0 Å². The quantitative estimate of drug-likeness (QED) is 0.0890. The molecule has 4 saturated heterocycles. The molecule has 3 N–H and O–H groups in total. The number of carbonyl (C=O) groups is 1. The second kappa shape index (κ2) is 19.3. The van der Waals surface area contributed by atoms with Crippen molar-refractivity contribution in [3.63, 3.8) is 0 Å². The third-order valence-corrected chi connectivity index (χ3v) is 18.2. The monoisotopic (exact) mass is 1030 g/mol. The molecule has 12 rings (SSSR count). The number of carbonyl (C=O) groups excluding carboxylic acids is 1. The normalized spacial score (nSPS) is 24.9. The van der Waals surface area contributed by atoms with E-state index in [2.05, 4.69) is 62.9 Å². The van der Waals surface area contributed by atoms with Crippen molar-refractivity contribution in [3.05, 3.63) is 99.7 Å². The molecule has 3 aromatic carbocycles. The summed E-state index contributed by atoms with van der Waals surface area (Å²) < 4.78 is 76.9. The number of alkyl halides is 1. The number of halogens is 1. The van der Waals surface area contributed by atoms with E-state index >= 15 is 4.39 Å². The van der Waals surface area contributed by atoms with Gasteiger partial charge in [0, 0.05) is 94.3 Å². The van der Waals surface area contributed by atoms with Crippen molar-refractivity contribution >= 4 is 55.4 Å². The van der Waals surface area contributed by atoms with Crippen LogP contribution in [0.2, 0.25) is 0 Å². The van der Waals surface area contributed by atoms with E-state index in [9.17, 15) is 23.3 Å². The molecule has 18 nitrogen and oxygen atoms in total. The highest BCUT2D eigenvalue weighted by atomic mass is 32.2. The fourth-order valence-electron chi connectivity index (χ4n) is 12.8. The Morgan fingerprint density at radius 1 is 0.919 bits per heavy atom. The Hall–Kier alpha value is -6.06. The molecular weight excluding hydrogens is 972 g/mol. The highest BCUT2D eigenvalue weighted by Crippen LogP contribution is 2.54. The summed E-state index contributed by atoms with van der Waals surface area (Å²) in [4.78, 5) is 41.2. The van der Waals surface area contributed by atoms with Gasteiger partial charge in [-0.2, -0.15) is 4.98 Å². The Labute approximate surface area is 429 Å². The number of benzene rings is 3. The number of nitro groups is 1. The minimum Gasteiger partial charge on any atom is -0.489 e. The van der Waals surface area contributed by atoms with Crippen LogP contribution in [0.25, 0.3) is 11.0 Å². The van der Waals surface area contributed by atoms with E-state index in [1.54, 1.807) is 12.3 Å². The number of amides is 1. The van der Waals surface area contributed by atoms with E-state index in [-0.39, 0.29) is 73.8 Å². The fourth-order valence-corrected chi connectivity index (χ4v) is 13.8. The largest absolute Gasteiger partial charge is 0.489 e. The van der Waals surface area contributed by atoms with Gasteiger partial charge >= 0.3 is 0 Å². The molecule has 20 heteroatoms. The number of rotatable bonds is 10. The predicted molar refractivity (Wildman–Crippen MR) is 275 cm³/mol. The second-order valence-corrected chi connectivity index (χ2v) is 23.2. The van der Waals surface area contributed by atoms with Crippen LogP contribution < -0.4 is 29.3 Å². The van der Waals surface area contributed by atoms with Crippen molar-refractivity contribution in [2.75, 3.05) is 81.0 Å². The second-order valence-electron chi connectivity index (χ2n) is 21.6. The molecule has 1 saturated carbocycles. The standard InChI is InChI=1S/C54H63FN8O10S/c1-33(2)38-6-3-4-7-39(38)45-30-70-20-5-17-61(45)36-28-53(29-36)12-18-60(19-13-53)35-8-9-40(42(25-35)62-41-11-21-71-31-47(41)73-52-44(62)24-34-10-16-56-50(34)58-52)51(64)59-74(67,68)37-26-43(63(65)66)49-46(27-37)72-32-48(57-49)54(55)14-22-69-23-15-54/h3-4,6-10,16,24-27,33,36,41,45,47-48,57H,5,11-15,17-23,28-32H2,1-2H3,(H,56,58)(H,59,64)/t41-,45-,47-,48-/m0/s1. The molecule has 1 spiro atoms. The van der Waals surface area contributed by atoms with Gasteiger partial charge in [0.1, 0.15) is 29.7 Å². The van der Waals surface area contributed by atoms with Gasteiger partial charge in [-0.05, 0) is 91.3 Å². The van der Waals surface area contributed by atoms with Gasteiger partial charge < -0.3 is 43.8 Å². The van der Waals surface area contributed by atoms with Crippen LogP contribution in [0.1, 0.15) is 98.7 Å². The number of ether oxygens (including phenoxy) is 5. The Morgan fingerprint density at radius 2 is 1.72 bits per heavy atom. The van der Waals surface area contributed by atoms with Crippen LogP contribution in [-0.2, 0) is 24.2 Å². The Bertz CT molecular complexity index is 3080. The summed E-state index contributed by atoms with van der Waals surface area (Å²) in [5, 5.41) is 16.3. The van der Waals surface area contributed by atoms with Crippen LogP contribution in [0.15, 0.2) is 77.8 Å². The molecule has 6 aliphatic heterocycles. The van der Waals surface area contributed by atoms with Crippen molar-refractivity contribution in [2.24, 2.45) is 5.41 Å². The van der Waals surface area contributed by atoms with E-state index < -0.39 is 49.3 Å². The Morgan fingerprint density at radius 3 is 2.51 bits per heavy atom. The molecule has 74 heavy (non-hydrogen) atoms. The third-order valence-electron chi connectivity index (χ3n) is 16.9. The summed E-state index contributed by atoms with van der Waals surface area (Å²) in [7, 11) is -4.78. The van der Waals surface area contributed by atoms with Gasteiger partial charge in [-0.15, -0.1) is 0 Å². The first-order valence-electron chi connectivity index (χ1n) is 26.2. The fraction of sp³-hybridized carbons (Fsp3) is 0.519. The number of nitrogens with one attached hydrogen (secondary N) is 3. The van der Waals surface area contributed by atoms with Crippen LogP contribution in [-0.4, -0.2) is 130 Å². The summed E-state index contributed by atoms with van der Waals surface area (Å²) >= 11 is 0. The summed E-state index contributed by atoms with van der Waals surface area (Å²) in [5.74, 6) is -0.326. The average Bonchev–Trinajstić information content (AvgIpc) is 3.72. The molecule has 1 amide bonds. The molecule has 8 heterocycles. The van der Waals surface area contributed by atoms with Crippen LogP contribution in [0.3, 0.4) is 0 Å². The number of H-pyrrole nitrogens is 1. The molecule has 1 aliphatic carbocycles. The highest BCUT2D eigenvalue weighted by molar-refractivity contribution is 7.90. The number of aromatic amines is 1. The first-order valence-corrected chi connectivity index (χ1v) is 27.6. The predicted octanol–water partition coefficient (Wildman–Crippen LogP) is 8.31. The van der Waals surface area contributed by atoms with Crippen LogP contribution >= 0.6 is 0 Å². The van der Waals surface area contributed by atoms with Crippen molar-refractivity contribution in [1.82, 2.24) is 19.6 Å². The van der Waals surface area contributed by atoms with Gasteiger partial charge in [-0.1, -0.05) is 38.1 Å². The van der Waals surface area contributed by atoms with E-state index in [4.69, 9.17) is 28.7 Å². The SMILES string of the molecule is CC(C)c1ccccc1[C@@H]1COCCCN1C1CC2(CCN(c3ccc(C(=O)NS(=O)(=O)c4cc5c(c([N+](=O)[O-])c4)N[C@H](C4(F)CCOCC4)CO5)c(N4c5cc6cc[nH]c6nc5O[C@H]5COCC[C@@H]54)c3)CC2)C1. The number of sulfonamides is 1. The van der Waals surface area contributed by atoms with Crippen molar-refractivity contribution < 1.29 is 46.2 Å². The smallest absolute Gasteiger partial charge is 0.297 e. The molecule has 392 valence electrons. The number of piperidine rings is 1. The maximum absolute atomic E-state index is 16.0. The molecule has 0 unspecified atom stereocenters. The molecule has 4 atom stereocenters. The topological polar surface area (TPSA) is 203 Å². The lowest BCUT2D eigenvalue weighted by molar-refractivity contribution is -0.384. The van der Waals surface area contributed by atoms with Gasteiger partial charge in [-0.3, -0.25) is 19.8 Å². The average molecular weight is 1040 g/mol. The number of anilines is 4.